The Hall–Kier alpha value is 0. The lowest BCUT2D eigenvalue weighted by molar-refractivity contribution is -0.311. The van der Waals surface area contributed by atoms with Crippen LogP contribution >= 0.6 is 0 Å². The van der Waals surface area contributed by atoms with Crippen LogP contribution in [-0.2, 0) is 0 Å². The Morgan fingerprint density at radius 3 is 1.88 bits per heavy atom. The molecule has 6 atom stereocenters. The second-order valence-corrected chi connectivity index (χ2v) is 12.6. The fraction of sp³-hybridized carbons (Fsp3) is 1.00. The molecule has 3 aliphatic rings. The third-order valence-corrected chi connectivity index (χ3v) is 10.8. The van der Waals surface area contributed by atoms with E-state index in [-0.39, 0.29) is 0 Å². The Kier molecular flexibility index (Phi) is 3.78. The van der Waals surface area contributed by atoms with Crippen LogP contribution in [0.4, 0.5) is 0 Å². The quantitative estimate of drug-likeness (QED) is 0.426. The van der Waals surface area contributed by atoms with Gasteiger partial charge in [-0.1, -0.05) is 82.1 Å². The maximum atomic E-state index is 2.73. The summed E-state index contributed by atoms with van der Waals surface area (Å²) in [6, 6.07) is 0. The Bertz CT molecular complexity index is 528. The molecule has 3 saturated carbocycles. The average Bonchev–Trinajstić information content (AvgIpc) is 2.38. The molecule has 0 radical (unpaired) electrons. The van der Waals surface area contributed by atoms with E-state index in [4.69, 9.17) is 0 Å². The first-order chi connectivity index (χ1) is 10.7. The van der Waals surface area contributed by atoms with Crippen molar-refractivity contribution in [1.82, 2.24) is 0 Å². The van der Waals surface area contributed by atoms with Crippen LogP contribution in [0.2, 0.25) is 0 Å². The topological polar surface area (TPSA) is 0 Å². The predicted molar refractivity (Wildman–Crippen MR) is 106 cm³/mol. The number of hydrogen-bond acceptors (Lipinski definition) is 0. The van der Waals surface area contributed by atoms with Gasteiger partial charge < -0.3 is 0 Å². The highest BCUT2D eigenvalue weighted by molar-refractivity contribution is 5.23. The standard InChI is InChI=1S/C24H44/c1-17-12-11-13-22(8)20(5,6)16-21(7)15-19(3,4)14-18(2)23(21,9)24(17,22)10/h17-18H,11-16H2,1-10H3/t17-,18+,21-,22+,23-,24?/m1/s1. The SMILES string of the molecule is C[C@@H]1CCC[C@@]2(C)C(C)(C)C[C@@]3(C)CC(C)(C)C[C@H](C)[C@@]3(C)C12C. The van der Waals surface area contributed by atoms with Gasteiger partial charge in [-0.05, 0) is 70.0 Å². The first kappa shape index (κ1) is 18.8. The van der Waals surface area contributed by atoms with Gasteiger partial charge in [0, 0.05) is 0 Å². The molecule has 0 heterocycles. The Morgan fingerprint density at radius 1 is 0.708 bits per heavy atom. The Labute approximate surface area is 152 Å². The molecule has 0 spiro atoms. The lowest BCUT2D eigenvalue weighted by Gasteiger charge is -2.79. The van der Waals surface area contributed by atoms with Gasteiger partial charge in [-0.25, -0.2) is 0 Å². The van der Waals surface area contributed by atoms with Crippen molar-refractivity contribution in [2.45, 2.75) is 108 Å². The van der Waals surface area contributed by atoms with Crippen LogP contribution in [0.5, 0.6) is 0 Å². The highest BCUT2D eigenvalue weighted by Crippen LogP contribution is 2.82. The minimum Gasteiger partial charge on any atom is -0.0619 e. The van der Waals surface area contributed by atoms with Crippen LogP contribution in [0.25, 0.3) is 0 Å². The lowest BCUT2D eigenvalue weighted by Crippen LogP contribution is -2.73. The highest BCUT2D eigenvalue weighted by Gasteiger charge is 2.75. The van der Waals surface area contributed by atoms with Crippen LogP contribution in [-0.4, -0.2) is 0 Å². The van der Waals surface area contributed by atoms with Gasteiger partial charge in [0.25, 0.3) is 0 Å². The molecule has 0 nitrogen and oxygen atoms in total. The molecule has 3 aliphatic carbocycles. The van der Waals surface area contributed by atoms with Crippen molar-refractivity contribution in [2.75, 3.05) is 0 Å². The van der Waals surface area contributed by atoms with Gasteiger partial charge in [-0.15, -0.1) is 0 Å². The van der Waals surface area contributed by atoms with Gasteiger partial charge in [-0.3, -0.25) is 0 Å². The smallest absolute Gasteiger partial charge is 0.0180 e. The summed E-state index contributed by atoms with van der Waals surface area (Å²) >= 11 is 0. The van der Waals surface area contributed by atoms with E-state index in [1.165, 1.54) is 38.5 Å². The normalized spacial score (nSPS) is 56.2. The molecule has 0 saturated heterocycles. The van der Waals surface area contributed by atoms with E-state index in [0.717, 1.165) is 11.8 Å². The summed E-state index contributed by atoms with van der Waals surface area (Å²) in [6.45, 7) is 26.3. The van der Waals surface area contributed by atoms with Crippen LogP contribution in [0.1, 0.15) is 108 Å². The zero-order valence-corrected chi connectivity index (χ0v) is 18.4. The third-order valence-electron chi connectivity index (χ3n) is 10.8. The van der Waals surface area contributed by atoms with Crippen molar-refractivity contribution in [2.24, 2.45) is 44.3 Å². The number of fused-ring (bicyclic) bond motifs is 3. The molecule has 3 rings (SSSR count). The van der Waals surface area contributed by atoms with Gasteiger partial charge in [0.1, 0.15) is 0 Å². The third kappa shape index (κ3) is 1.87. The van der Waals surface area contributed by atoms with Gasteiger partial charge in [-0.2, -0.15) is 0 Å². The molecule has 24 heavy (non-hydrogen) atoms. The molecule has 3 fully saturated rings. The van der Waals surface area contributed by atoms with Gasteiger partial charge in [0.2, 0.25) is 0 Å². The average molecular weight is 333 g/mol. The summed E-state index contributed by atoms with van der Waals surface area (Å²) in [5.41, 5.74) is 2.72. The molecule has 0 heteroatoms. The number of hydrogen-bond donors (Lipinski definition) is 0. The largest absolute Gasteiger partial charge is 0.0619 e. The second kappa shape index (κ2) is 4.83. The van der Waals surface area contributed by atoms with E-state index in [1.807, 2.05) is 0 Å². The minimum absolute atomic E-state index is 0.428. The highest BCUT2D eigenvalue weighted by atomic mass is 14.8. The van der Waals surface area contributed by atoms with Gasteiger partial charge in [0.05, 0.1) is 0 Å². The Morgan fingerprint density at radius 2 is 1.29 bits per heavy atom. The molecule has 140 valence electrons. The summed E-state index contributed by atoms with van der Waals surface area (Å²) < 4.78 is 0. The molecule has 0 aromatic rings. The van der Waals surface area contributed by atoms with Crippen molar-refractivity contribution in [3.63, 3.8) is 0 Å². The monoisotopic (exact) mass is 332 g/mol. The fourth-order valence-corrected chi connectivity index (χ4v) is 9.48. The summed E-state index contributed by atoms with van der Waals surface area (Å²) in [4.78, 5) is 0. The van der Waals surface area contributed by atoms with E-state index in [0.29, 0.717) is 32.5 Å². The van der Waals surface area contributed by atoms with Crippen LogP contribution in [0.15, 0.2) is 0 Å². The maximum absolute atomic E-state index is 2.73. The molecule has 1 unspecified atom stereocenters. The Balaban J connectivity index is 2.27. The van der Waals surface area contributed by atoms with Crippen molar-refractivity contribution in [1.29, 1.82) is 0 Å². The van der Waals surface area contributed by atoms with E-state index in [1.54, 1.807) is 0 Å². The molecular formula is C24H44. The first-order valence-corrected chi connectivity index (χ1v) is 10.7. The molecular weight excluding hydrogens is 288 g/mol. The fourth-order valence-electron chi connectivity index (χ4n) is 9.48. The summed E-state index contributed by atoms with van der Waals surface area (Å²) in [5, 5.41) is 0. The van der Waals surface area contributed by atoms with Crippen LogP contribution in [0, 0.1) is 44.3 Å². The first-order valence-electron chi connectivity index (χ1n) is 10.7. The van der Waals surface area contributed by atoms with Crippen molar-refractivity contribution in [3.05, 3.63) is 0 Å². The summed E-state index contributed by atoms with van der Waals surface area (Å²) in [5.74, 6) is 1.65. The molecule has 0 aromatic carbocycles. The number of rotatable bonds is 0. The lowest BCUT2D eigenvalue weighted by atomic mass is 9.25. The molecule has 0 bridgehead atoms. The van der Waals surface area contributed by atoms with Crippen molar-refractivity contribution < 1.29 is 0 Å². The zero-order valence-electron chi connectivity index (χ0n) is 18.4. The maximum Gasteiger partial charge on any atom is -0.0180 e. The van der Waals surface area contributed by atoms with Crippen LogP contribution < -0.4 is 0 Å². The molecule has 0 amide bonds. The molecule has 0 N–H and O–H groups in total. The second-order valence-electron chi connectivity index (χ2n) is 12.6. The minimum atomic E-state index is 0.428. The summed E-state index contributed by atoms with van der Waals surface area (Å²) in [7, 11) is 0. The van der Waals surface area contributed by atoms with Crippen molar-refractivity contribution in [3.8, 4) is 0 Å². The molecule has 0 aliphatic heterocycles. The predicted octanol–water partition coefficient (Wildman–Crippen LogP) is 7.72. The van der Waals surface area contributed by atoms with Gasteiger partial charge in [0.15, 0.2) is 0 Å². The summed E-state index contributed by atoms with van der Waals surface area (Å²) in [6.07, 6.45) is 8.51. The van der Waals surface area contributed by atoms with E-state index < -0.39 is 0 Å². The zero-order chi connectivity index (χ0) is 18.4. The van der Waals surface area contributed by atoms with E-state index in [9.17, 15) is 0 Å². The van der Waals surface area contributed by atoms with Crippen LogP contribution in [0.3, 0.4) is 0 Å². The van der Waals surface area contributed by atoms with Gasteiger partial charge >= 0.3 is 0 Å². The van der Waals surface area contributed by atoms with E-state index in [2.05, 4.69) is 69.2 Å². The van der Waals surface area contributed by atoms with Crippen molar-refractivity contribution >= 4 is 0 Å². The molecule has 0 aromatic heterocycles. The van der Waals surface area contributed by atoms with E-state index >= 15 is 0 Å².